The molecule has 6 aromatic rings. The van der Waals surface area contributed by atoms with Crippen LogP contribution < -0.4 is 67.1 Å². The first-order chi connectivity index (χ1) is 38.3. The molecule has 2 saturated heterocycles. The van der Waals surface area contributed by atoms with E-state index in [1.165, 1.54) is 471 Å². The fraction of sp³-hybridized carbons (Fsp3) is 0.280. The summed E-state index contributed by atoms with van der Waals surface area (Å²) < 4.78 is 59.3. The minimum absolute atomic E-state index is 0. The normalized spacial score (nSPS) is 14.0. The number of aryl methyl sites for hydroxylation is 4. The van der Waals surface area contributed by atoms with E-state index in [4.69, 9.17) is 10.7 Å². The average molecular weight is 1470 g/mol. The topological polar surface area (TPSA) is 104 Å². The summed E-state index contributed by atoms with van der Waals surface area (Å²) in [5.41, 5.74) is 16.6. The molecule has 0 spiro atoms. The van der Waals surface area contributed by atoms with E-state index in [2.05, 4.69) is 46.2 Å². The zero-order valence-corrected chi connectivity index (χ0v) is 98.8. The van der Waals surface area contributed by atoms with Crippen LogP contribution in [-0.4, -0.2) is 522 Å². The first-order valence-electron chi connectivity index (χ1n) is 28.8. The van der Waals surface area contributed by atoms with Crippen molar-refractivity contribution in [3.63, 3.8) is 0 Å². The number of aromatic nitrogens is 4. The Bertz CT molecular complexity index is 2830. The summed E-state index contributed by atoms with van der Waals surface area (Å²) in [4.78, 5) is 26.7. The number of carbonyl (C=O) groups excluding carboxylic acids is 1. The van der Waals surface area contributed by atoms with Crippen molar-refractivity contribution in [3.8, 4) is 11.4 Å². The maximum absolute atomic E-state index is 13.8. The summed E-state index contributed by atoms with van der Waals surface area (Å²) in [7, 11) is 0. The van der Waals surface area contributed by atoms with Crippen LogP contribution in [0.3, 0.4) is 0 Å². The zero-order chi connectivity index (χ0) is 59.8. The van der Waals surface area contributed by atoms with Crippen LogP contribution in [0.5, 0.6) is 0 Å². The van der Waals surface area contributed by atoms with Crippen molar-refractivity contribution < 1.29 is 75.2 Å². The van der Waals surface area contributed by atoms with Gasteiger partial charge in [-0.3, -0.25) is 24.8 Å². The molecule has 30 heteroatoms. The average Bonchev–Trinajstić information content (AvgIpc) is 4.12. The van der Waals surface area contributed by atoms with Gasteiger partial charge in [-0.05, 0) is 142 Å². The SMILES string of the molecule is Cc1cn(-c2ccc(/C=C3\CCCN(N(CCN)c4cc(F)cc(F)c4)C3=O)cc2C)cn1.Cc1cn(-c2ccc(/C=C3\CCCN4C3=NCCN4c3cc(F)cc(F)c3)cc2C)cn1.[H-].[K+].[K][K].[K][K].[K][K].[K][K].[K][K].[K][K].[K][K]. The number of anilines is 2. The van der Waals surface area contributed by atoms with E-state index in [0.29, 0.717) is 37.3 Å². The Labute approximate surface area is 834 Å². The molecule has 3 aliphatic rings. The quantitative estimate of drug-likeness (QED) is 0.131. The summed E-state index contributed by atoms with van der Waals surface area (Å²) in [6.45, 7) is 10.9. The molecule has 1 amide bonds. The van der Waals surface area contributed by atoms with Gasteiger partial charge in [0, 0.05) is 61.1 Å². The van der Waals surface area contributed by atoms with Crippen molar-refractivity contribution in [2.45, 2.75) is 53.4 Å². The number of piperidine rings is 2. The minimum atomic E-state index is -0.698. The standard InChI is InChI=1S/C25H27F2N5O.C25H25F2N5.15K.H/c1-17-10-19(5-6-24(17)30-15-18(2)29-16-30)11-20-4-3-8-32(25(20)33)31(9-7-28)23-13-21(26)12-22(27)14-23;1-17-10-19(5-6-24(17)30-15-18(2)29-16-30)11-20-4-3-8-32-25(20)28-7-9-31(32)23-13-21(26)12-22(27)14-23;;;;;;;;;;;;;;;;/h5-6,10-16H,3-4,7-9,28H2,1-2H3;5-6,10-16H,3-4,7-9H2,1-2H3;;;;;;;;;;;;;;;;/q;;;;;;;;;;;;;;;;+1;-1/b2*20-11+;;;;;;;;;;;;;;;;. The Morgan fingerprint density at radius 2 is 1.02 bits per heavy atom. The first kappa shape index (κ1) is 97.5. The Morgan fingerprint density at radius 1 is 0.588 bits per heavy atom. The number of aliphatic imine (C=N–C) groups is 1. The Balaban J connectivity index is 0. The third kappa shape index (κ3) is 35.8. The zero-order valence-electron chi connectivity index (χ0n) is 53.0. The Kier molecular flexibility index (Phi) is 74.0. The van der Waals surface area contributed by atoms with Gasteiger partial charge in [-0.15, -0.1) is 0 Å². The van der Waals surface area contributed by atoms with Crippen LogP contribution in [0.15, 0.2) is 114 Å². The van der Waals surface area contributed by atoms with E-state index in [0.717, 1.165) is 94.4 Å². The maximum atomic E-state index is 13.8. The van der Waals surface area contributed by atoms with Crippen LogP contribution in [0.1, 0.15) is 60.8 Å². The third-order valence-electron chi connectivity index (χ3n) is 11.6. The van der Waals surface area contributed by atoms with Crippen molar-refractivity contribution in [2.24, 2.45) is 10.7 Å². The number of imidazole rings is 2. The van der Waals surface area contributed by atoms with Crippen LogP contribution in [0.2, 0.25) is 0 Å². The van der Waals surface area contributed by atoms with E-state index >= 15 is 0 Å². The number of amidine groups is 1. The van der Waals surface area contributed by atoms with E-state index < -0.39 is 23.3 Å². The van der Waals surface area contributed by atoms with Crippen LogP contribution in [0, 0.1) is 51.0 Å². The predicted molar refractivity (Wildman–Crippen MR) is 329 cm³/mol. The molecule has 11 nitrogen and oxygen atoms in total. The molecule has 5 heterocycles. The molecule has 352 valence electrons. The Hall–Kier alpha value is 17.5. The summed E-state index contributed by atoms with van der Waals surface area (Å²) in [5.74, 6) is -1.83. The number of fused-ring (bicyclic) bond motifs is 1. The predicted octanol–water partition coefficient (Wildman–Crippen LogP) is 1.02. The van der Waals surface area contributed by atoms with Crippen LogP contribution >= 0.6 is 0 Å². The first-order valence-corrected chi connectivity index (χ1v) is 141. The van der Waals surface area contributed by atoms with Crippen LogP contribution in [-0.2, 0) is 4.79 Å². The third-order valence-corrected chi connectivity index (χ3v) is 11.6. The van der Waals surface area contributed by atoms with Gasteiger partial charge in [0.05, 0.1) is 55.1 Å². The fourth-order valence-electron chi connectivity index (χ4n) is 8.67. The molecule has 80 heavy (non-hydrogen) atoms. The number of rotatable bonds is 9. The van der Waals surface area contributed by atoms with Crippen LogP contribution in [0.4, 0.5) is 28.9 Å². The monoisotopic (exact) mass is 1470 g/mol. The molecule has 0 aliphatic carbocycles. The summed E-state index contributed by atoms with van der Waals surface area (Å²) >= 11 is 17.5. The summed E-state index contributed by atoms with van der Waals surface area (Å²) in [5, 5.41) is 7.10. The molecule has 2 N–H and O–H groups in total. The fourth-order valence-corrected chi connectivity index (χ4v) is 8.67. The Morgan fingerprint density at radius 3 is 1.46 bits per heavy atom. The van der Waals surface area contributed by atoms with E-state index in [9.17, 15) is 22.4 Å². The van der Waals surface area contributed by atoms with Gasteiger partial charge in [0.25, 0.3) is 5.91 Å². The molecule has 3 aliphatic heterocycles. The van der Waals surface area contributed by atoms with Gasteiger partial charge >= 0.3 is 493 Å². The molecule has 0 atom stereocenters. The van der Waals surface area contributed by atoms with Crippen LogP contribution in [0.25, 0.3) is 23.5 Å². The number of hydrogen-bond donors (Lipinski definition) is 1. The molecule has 0 unspecified atom stereocenters. The molecule has 2 aromatic heterocycles. The molecule has 9 rings (SSSR count). The van der Waals surface area contributed by atoms with Gasteiger partial charge in [0.2, 0.25) is 0 Å². The van der Waals surface area contributed by atoms with Gasteiger partial charge in [-0.25, -0.2) is 32.5 Å². The van der Waals surface area contributed by atoms with E-state index in [1.54, 1.807) is 11.3 Å². The second kappa shape index (κ2) is 60.7. The van der Waals surface area contributed by atoms with Gasteiger partial charge in [0.1, 0.15) is 29.1 Å². The van der Waals surface area contributed by atoms with Crippen molar-refractivity contribution in [1.29, 1.82) is 0 Å². The molecule has 0 saturated carbocycles. The number of nitrogens with two attached hydrogens (primary N) is 1. The summed E-state index contributed by atoms with van der Waals surface area (Å²) in [6.07, 6.45) is 14.9. The number of hydrazine groups is 2. The van der Waals surface area contributed by atoms with Crippen molar-refractivity contribution in [3.05, 3.63) is 166 Å². The molecule has 4 aromatic carbocycles. The molecular formula is C50H53F4K15N10O. The number of nitrogens with zero attached hydrogens (tertiary/aromatic N) is 9. The number of carbonyl (C=O) groups is 1. The molecule has 0 bridgehead atoms. The van der Waals surface area contributed by atoms with Gasteiger partial charge in [-0.1, -0.05) is 12.1 Å². The molecular weight excluding hydrogens is 1420 g/mol. The van der Waals surface area contributed by atoms with Gasteiger partial charge in [-0.2, -0.15) is 0 Å². The second-order valence-corrected chi connectivity index (χ2v) is 16.5. The number of hydrogen-bond acceptors (Lipinski definition) is 8. The van der Waals surface area contributed by atoms with Crippen molar-refractivity contribution >= 4 is 477 Å². The van der Waals surface area contributed by atoms with Gasteiger partial charge < -0.3 is 16.3 Å². The molecule has 2 fully saturated rings. The number of halogens is 4. The van der Waals surface area contributed by atoms with E-state index in [1.807, 2.05) is 77.9 Å². The molecule has 0 radical (unpaired) electrons. The number of amides is 1. The van der Waals surface area contributed by atoms with Gasteiger partial charge in [0.15, 0.2) is 0 Å². The van der Waals surface area contributed by atoms with Crippen molar-refractivity contribution in [2.75, 3.05) is 49.3 Å². The number of benzene rings is 4. The summed E-state index contributed by atoms with van der Waals surface area (Å²) in [6, 6.07) is 19.3. The second-order valence-electron chi connectivity index (χ2n) is 16.5. The van der Waals surface area contributed by atoms with Crippen molar-refractivity contribution in [1.82, 2.24) is 29.1 Å². The van der Waals surface area contributed by atoms with E-state index in [-0.39, 0.29) is 77.5 Å².